The monoisotopic (exact) mass is 242 g/mol. The first-order valence-electron chi connectivity index (χ1n) is 5.44. The van der Waals surface area contributed by atoms with E-state index in [0.29, 0.717) is 4.88 Å². The van der Waals surface area contributed by atoms with Crippen molar-refractivity contribution in [1.82, 2.24) is 9.88 Å². The van der Waals surface area contributed by atoms with E-state index < -0.39 is 0 Å². The average Bonchev–Trinajstić information content (AvgIpc) is 2.70. The van der Waals surface area contributed by atoms with Gasteiger partial charge in [0.2, 0.25) is 0 Å². The second kappa shape index (κ2) is 6.60. The molecule has 1 aromatic heterocycles. The highest BCUT2D eigenvalue weighted by molar-refractivity contribution is 7.13. The number of carbonyl (C=O) groups excluding carboxylic acids is 1. The molecule has 0 saturated heterocycles. The lowest BCUT2D eigenvalue weighted by molar-refractivity contribution is 0.0796. The lowest BCUT2D eigenvalue weighted by atomic mass is 10.2. The zero-order valence-electron chi connectivity index (χ0n) is 9.77. The van der Waals surface area contributed by atoms with E-state index in [-0.39, 0.29) is 12.5 Å². The van der Waals surface area contributed by atoms with Gasteiger partial charge in [-0.3, -0.25) is 4.79 Å². The first-order valence-corrected chi connectivity index (χ1v) is 6.25. The third-order valence-electron chi connectivity index (χ3n) is 2.33. The van der Waals surface area contributed by atoms with Crippen molar-refractivity contribution >= 4 is 17.2 Å². The van der Waals surface area contributed by atoms with Gasteiger partial charge in [-0.1, -0.05) is 0 Å². The first kappa shape index (κ1) is 13.1. The van der Waals surface area contributed by atoms with Crippen molar-refractivity contribution in [3.05, 3.63) is 16.1 Å². The fourth-order valence-electron chi connectivity index (χ4n) is 1.39. The van der Waals surface area contributed by atoms with E-state index in [9.17, 15) is 4.79 Å². The maximum absolute atomic E-state index is 11.9. The highest BCUT2D eigenvalue weighted by Gasteiger charge is 2.13. The molecule has 0 saturated carbocycles. The third-order valence-corrected chi connectivity index (χ3v) is 3.23. The highest BCUT2D eigenvalue weighted by Crippen LogP contribution is 2.13. The minimum Gasteiger partial charge on any atom is -0.396 e. The van der Waals surface area contributed by atoms with Gasteiger partial charge in [0, 0.05) is 20.2 Å². The van der Waals surface area contributed by atoms with Gasteiger partial charge in [-0.25, -0.2) is 4.98 Å². The Bertz CT molecular complexity index is 338. The predicted octanol–water partition coefficient (Wildman–Crippen LogP) is 1.69. The number of thiazole rings is 1. The summed E-state index contributed by atoms with van der Waals surface area (Å²) in [5.41, 5.74) is 0. The number of carbonyl (C=O) groups is 1. The van der Waals surface area contributed by atoms with Crippen molar-refractivity contribution in [2.45, 2.75) is 26.2 Å². The Morgan fingerprint density at radius 1 is 1.50 bits per heavy atom. The molecule has 0 atom stereocenters. The number of nitrogens with zero attached hydrogens (tertiary/aromatic N) is 2. The van der Waals surface area contributed by atoms with Crippen LogP contribution in [-0.4, -0.2) is 41.1 Å². The molecule has 1 heterocycles. The summed E-state index contributed by atoms with van der Waals surface area (Å²) in [7, 11) is 1.80. The molecular formula is C11H18N2O2S. The van der Waals surface area contributed by atoms with Crippen LogP contribution in [0.4, 0.5) is 0 Å². The Hall–Kier alpha value is -0.940. The number of amides is 1. The van der Waals surface area contributed by atoms with E-state index in [4.69, 9.17) is 5.11 Å². The normalized spacial score (nSPS) is 10.4. The molecule has 0 fully saturated rings. The Labute approximate surface area is 99.9 Å². The third kappa shape index (κ3) is 3.90. The summed E-state index contributed by atoms with van der Waals surface area (Å²) in [5.74, 6) is 0.0367. The van der Waals surface area contributed by atoms with Gasteiger partial charge in [-0.2, -0.15) is 0 Å². The summed E-state index contributed by atoms with van der Waals surface area (Å²) in [6.45, 7) is 2.85. The topological polar surface area (TPSA) is 53.4 Å². The second-order valence-corrected chi connectivity index (χ2v) is 4.99. The zero-order chi connectivity index (χ0) is 12.0. The largest absolute Gasteiger partial charge is 0.396 e. The van der Waals surface area contributed by atoms with Gasteiger partial charge in [0.25, 0.3) is 5.91 Å². The Morgan fingerprint density at radius 3 is 2.81 bits per heavy atom. The highest BCUT2D eigenvalue weighted by atomic mass is 32.1. The van der Waals surface area contributed by atoms with Crippen LogP contribution < -0.4 is 0 Å². The van der Waals surface area contributed by atoms with Crippen LogP contribution >= 0.6 is 11.3 Å². The average molecular weight is 242 g/mol. The van der Waals surface area contributed by atoms with Crippen LogP contribution in [0.2, 0.25) is 0 Å². The number of aliphatic hydroxyl groups excluding tert-OH is 1. The molecule has 5 heteroatoms. The summed E-state index contributed by atoms with van der Waals surface area (Å²) >= 11 is 1.43. The van der Waals surface area contributed by atoms with Crippen LogP contribution in [0, 0.1) is 6.92 Å². The SMILES string of the molecule is Cc1ncc(C(=O)N(C)CCCCCO)s1. The molecule has 0 aliphatic heterocycles. The molecule has 0 bridgehead atoms. The molecular weight excluding hydrogens is 224 g/mol. The van der Waals surface area contributed by atoms with E-state index in [1.165, 1.54) is 11.3 Å². The van der Waals surface area contributed by atoms with Crippen molar-refractivity contribution in [3.63, 3.8) is 0 Å². The number of hydrogen-bond acceptors (Lipinski definition) is 4. The number of rotatable bonds is 6. The van der Waals surface area contributed by atoms with Crippen molar-refractivity contribution in [1.29, 1.82) is 0 Å². The van der Waals surface area contributed by atoms with Gasteiger partial charge in [0.1, 0.15) is 4.88 Å². The Balaban J connectivity index is 2.36. The van der Waals surface area contributed by atoms with Gasteiger partial charge < -0.3 is 10.0 Å². The molecule has 90 valence electrons. The molecule has 0 spiro atoms. The molecule has 0 aliphatic carbocycles. The molecule has 1 N–H and O–H groups in total. The fourth-order valence-corrected chi connectivity index (χ4v) is 2.16. The van der Waals surface area contributed by atoms with E-state index in [1.54, 1.807) is 18.1 Å². The van der Waals surface area contributed by atoms with Gasteiger partial charge in [0.05, 0.1) is 11.2 Å². The zero-order valence-corrected chi connectivity index (χ0v) is 10.6. The van der Waals surface area contributed by atoms with Crippen LogP contribution in [0.1, 0.15) is 33.9 Å². The van der Waals surface area contributed by atoms with E-state index >= 15 is 0 Å². The first-order chi connectivity index (χ1) is 7.65. The molecule has 16 heavy (non-hydrogen) atoms. The second-order valence-electron chi connectivity index (χ2n) is 3.75. The minimum atomic E-state index is 0.0367. The van der Waals surface area contributed by atoms with Crippen molar-refractivity contribution in [2.24, 2.45) is 0 Å². The van der Waals surface area contributed by atoms with Gasteiger partial charge >= 0.3 is 0 Å². The lowest BCUT2D eigenvalue weighted by Crippen LogP contribution is -2.27. The summed E-state index contributed by atoms with van der Waals surface area (Å²) in [6, 6.07) is 0. The molecule has 1 aromatic rings. The number of aryl methyl sites for hydroxylation is 1. The summed E-state index contributed by atoms with van der Waals surface area (Å²) in [6.07, 6.45) is 4.32. The summed E-state index contributed by atoms with van der Waals surface area (Å²) < 4.78 is 0. The van der Waals surface area contributed by atoms with Crippen LogP contribution in [-0.2, 0) is 0 Å². The molecule has 1 rings (SSSR count). The standard InChI is InChI=1S/C11H18N2O2S/c1-9-12-8-10(16-9)11(15)13(2)6-4-3-5-7-14/h8,14H,3-7H2,1-2H3. The van der Waals surface area contributed by atoms with Gasteiger partial charge in [0.15, 0.2) is 0 Å². The maximum atomic E-state index is 11.9. The summed E-state index contributed by atoms with van der Waals surface area (Å²) in [4.78, 5) is 18.3. The number of hydrogen-bond donors (Lipinski definition) is 1. The predicted molar refractivity (Wildman–Crippen MR) is 64.7 cm³/mol. The Morgan fingerprint density at radius 2 is 2.25 bits per heavy atom. The molecule has 4 nitrogen and oxygen atoms in total. The van der Waals surface area contributed by atoms with Crippen LogP contribution in [0.15, 0.2) is 6.20 Å². The molecule has 0 radical (unpaired) electrons. The maximum Gasteiger partial charge on any atom is 0.265 e. The molecule has 0 aliphatic rings. The quantitative estimate of drug-likeness (QED) is 0.772. The fraction of sp³-hybridized carbons (Fsp3) is 0.636. The minimum absolute atomic E-state index is 0.0367. The molecule has 0 unspecified atom stereocenters. The molecule has 0 aromatic carbocycles. The van der Waals surface area contributed by atoms with Gasteiger partial charge in [-0.15, -0.1) is 11.3 Å². The van der Waals surface area contributed by atoms with Crippen molar-refractivity contribution in [2.75, 3.05) is 20.2 Å². The van der Waals surface area contributed by atoms with E-state index in [2.05, 4.69) is 4.98 Å². The summed E-state index contributed by atoms with van der Waals surface area (Å²) in [5, 5.41) is 9.55. The van der Waals surface area contributed by atoms with Gasteiger partial charge in [-0.05, 0) is 26.2 Å². The number of aromatic nitrogens is 1. The van der Waals surface area contributed by atoms with Crippen LogP contribution in [0.5, 0.6) is 0 Å². The van der Waals surface area contributed by atoms with E-state index in [1.807, 2.05) is 6.92 Å². The molecule has 1 amide bonds. The van der Waals surface area contributed by atoms with Crippen LogP contribution in [0.3, 0.4) is 0 Å². The number of unbranched alkanes of at least 4 members (excludes halogenated alkanes) is 2. The van der Waals surface area contributed by atoms with Crippen LogP contribution in [0.25, 0.3) is 0 Å². The van der Waals surface area contributed by atoms with E-state index in [0.717, 1.165) is 30.8 Å². The lowest BCUT2D eigenvalue weighted by Gasteiger charge is -2.15. The Kier molecular flexibility index (Phi) is 5.42. The van der Waals surface area contributed by atoms with Crippen molar-refractivity contribution < 1.29 is 9.90 Å². The number of aliphatic hydroxyl groups is 1. The smallest absolute Gasteiger partial charge is 0.265 e. The van der Waals surface area contributed by atoms with Crippen molar-refractivity contribution in [3.8, 4) is 0 Å².